The molecule has 15 heavy (non-hydrogen) atoms. The molecule has 0 bridgehead atoms. The van der Waals surface area contributed by atoms with Gasteiger partial charge in [-0.1, -0.05) is 24.1 Å². The van der Waals surface area contributed by atoms with Crippen molar-refractivity contribution in [1.29, 1.82) is 0 Å². The first-order valence-corrected chi connectivity index (χ1v) is 5.82. The number of benzene rings is 1. The summed E-state index contributed by atoms with van der Waals surface area (Å²) in [7, 11) is 0. The summed E-state index contributed by atoms with van der Waals surface area (Å²) in [5.41, 5.74) is 1.17. The van der Waals surface area contributed by atoms with E-state index in [0.29, 0.717) is 5.02 Å². The van der Waals surface area contributed by atoms with E-state index >= 15 is 0 Å². The average Bonchev–Trinajstić information content (AvgIpc) is 2.25. The van der Waals surface area contributed by atoms with E-state index < -0.39 is 0 Å². The number of hydroxylamine groups is 2. The van der Waals surface area contributed by atoms with Crippen LogP contribution in [-0.4, -0.2) is 18.2 Å². The van der Waals surface area contributed by atoms with Gasteiger partial charge in [0.15, 0.2) is 5.75 Å². The molecule has 0 radical (unpaired) electrons. The maximum atomic E-state index is 6.06. The van der Waals surface area contributed by atoms with Crippen molar-refractivity contribution in [3.05, 3.63) is 28.8 Å². The van der Waals surface area contributed by atoms with Crippen molar-refractivity contribution in [2.24, 2.45) is 0 Å². The lowest BCUT2D eigenvalue weighted by atomic mass is 10.2. The van der Waals surface area contributed by atoms with Crippen LogP contribution in [0.3, 0.4) is 0 Å². The Morgan fingerprint density at radius 1 is 1.20 bits per heavy atom. The largest absolute Gasteiger partial charge is 0.404 e. The van der Waals surface area contributed by atoms with E-state index in [0.717, 1.165) is 18.8 Å². The number of nitrogens with zero attached hydrogens (tertiary/aromatic N) is 1. The Morgan fingerprint density at radius 2 is 1.93 bits per heavy atom. The van der Waals surface area contributed by atoms with Crippen molar-refractivity contribution >= 4 is 11.6 Å². The molecule has 1 aromatic rings. The van der Waals surface area contributed by atoms with Crippen LogP contribution in [0.5, 0.6) is 5.75 Å². The summed E-state index contributed by atoms with van der Waals surface area (Å²) in [6.07, 6.45) is 3.73. The first-order valence-electron chi connectivity index (χ1n) is 5.45. The predicted octanol–water partition coefficient (Wildman–Crippen LogP) is 3.43. The molecule has 3 heteroatoms. The molecule has 1 fully saturated rings. The Balaban J connectivity index is 2.05. The van der Waals surface area contributed by atoms with Gasteiger partial charge in [0.2, 0.25) is 0 Å². The monoisotopic (exact) mass is 225 g/mol. The highest BCUT2D eigenvalue weighted by Gasteiger charge is 2.13. The number of piperidine rings is 1. The molecule has 0 unspecified atom stereocenters. The van der Waals surface area contributed by atoms with Crippen LogP contribution in [0.25, 0.3) is 0 Å². The van der Waals surface area contributed by atoms with Crippen molar-refractivity contribution in [3.8, 4) is 5.75 Å². The maximum Gasteiger partial charge on any atom is 0.166 e. The van der Waals surface area contributed by atoms with E-state index in [1.807, 2.05) is 30.2 Å². The highest BCUT2D eigenvalue weighted by molar-refractivity contribution is 6.32. The summed E-state index contributed by atoms with van der Waals surface area (Å²) in [6, 6.07) is 5.86. The zero-order chi connectivity index (χ0) is 10.7. The first kappa shape index (κ1) is 10.8. The van der Waals surface area contributed by atoms with Crippen molar-refractivity contribution in [2.75, 3.05) is 13.1 Å². The fourth-order valence-electron chi connectivity index (χ4n) is 1.78. The predicted molar refractivity (Wildman–Crippen MR) is 62.2 cm³/mol. The van der Waals surface area contributed by atoms with Gasteiger partial charge in [0.1, 0.15) is 0 Å². The Kier molecular flexibility index (Phi) is 3.49. The van der Waals surface area contributed by atoms with E-state index in [4.69, 9.17) is 16.4 Å². The molecule has 0 N–H and O–H groups in total. The minimum Gasteiger partial charge on any atom is -0.404 e. The molecule has 2 rings (SSSR count). The molecular weight excluding hydrogens is 210 g/mol. The second-order valence-corrected chi connectivity index (χ2v) is 4.42. The van der Waals surface area contributed by atoms with Gasteiger partial charge in [0.25, 0.3) is 0 Å². The van der Waals surface area contributed by atoms with Gasteiger partial charge < -0.3 is 4.84 Å². The van der Waals surface area contributed by atoms with E-state index in [9.17, 15) is 0 Å². The van der Waals surface area contributed by atoms with Gasteiger partial charge in [-0.05, 0) is 37.5 Å². The fraction of sp³-hybridized carbons (Fsp3) is 0.500. The van der Waals surface area contributed by atoms with Gasteiger partial charge in [0.05, 0.1) is 5.02 Å². The van der Waals surface area contributed by atoms with Crippen LogP contribution in [0.4, 0.5) is 0 Å². The Labute approximate surface area is 95.7 Å². The van der Waals surface area contributed by atoms with E-state index in [1.54, 1.807) is 0 Å². The molecule has 0 amide bonds. The van der Waals surface area contributed by atoms with Crippen molar-refractivity contribution < 1.29 is 4.84 Å². The van der Waals surface area contributed by atoms with Crippen molar-refractivity contribution in [1.82, 2.24) is 5.06 Å². The second kappa shape index (κ2) is 4.86. The number of halogens is 1. The van der Waals surface area contributed by atoms with Crippen LogP contribution in [0.1, 0.15) is 24.8 Å². The van der Waals surface area contributed by atoms with Crippen LogP contribution < -0.4 is 4.84 Å². The summed E-state index contributed by atoms with van der Waals surface area (Å²) in [6.45, 7) is 4.05. The third-order valence-corrected chi connectivity index (χ3v) is 2.94. The molecule has 0 spiro atoms. The quantitative estimate of drug-likeness (QED) is 0.765. The van der Waals surface area contributed by atoms with E-state index in [2.05, 4.69) is 0 Å². The average molecular weight is 226 g/mol. The molecule has 1 aromatic carbocycles. The number of hydrogen-bond acceptors (Lipinski definition) is 2. The van der Waals surface area contributed by atoms with Gasteiger partial charge in [-0.15, -0.1) is 5.06 Å². The molecule has 1 aliphatic heterocycles. The standard InChI is InChI=1S/C12H16ClNO/c1-10-5-6-11(13)12(9-10)15-14-7-3-2-4-8-14/h5-6,9H,2-4,7-8H2,1H3. The van der Waals surface area contributed by atoms with Crippen LogP contribution >= 0.6 is 11.6 Å². The van der Waals surface area contributed by atoms with Gasteiger partial charge >= 0.3 is 0 Å². The summed E-state index contributed by atoms with van der Waals surface area (Å²) in [4.78, 5) is 5.77. The van der Waals surface area contributed by atoms with Crippen molar-refractivity contribution in [3.63, 3.8) is 0 Å². The third kappa shape index (κ3) is 2.86. The lowest BCUT2D eigenvalue weighted by Crippen LogP contribution is -2.32. The van der Waals surface area contributed by atoms with E-state index in [-0.39, 0.29) is 0 Å². The molecular formula is C12H16ClNO. The zero-order valence-electron chi connectivity index (χ0n) is 9.00. The molecule has 0 aliphatic carbocycles. The van der Waals surface area contributed by atoms with Gasteiger partial charge in [-0.2, -0.15) is 0 Å². The SMILES string of the molecule is Cc1ccc(Cl)c(ON2CCCCC2)c1. The second-order valence-electron chi connectivity index (χ2n) is 4.01. The topological polar surface area (TPSA) is 12.5 Å². The summed E-state index contributed by atoms with van der Waals surface area (Å²) in [5, 5.41) is 2.69. The van der Waals surface area contributed by atoms with Crippen LogP contribution in [0.2, 0.25) is 5.02 Å². The normalized spacial score (nSPS) is 17.7. The third-order valence-electron chi connectivity index (χ3n) is 2.63. The van der Waals surface area contributed by atoms with Crippen molar-refractivity contribution in [2.45, 2.75) is 26.2 Å². The molecule has 2 nitrogen and oxygen atoms in total. The zero-order valence-corrected chi connectivity index (χ0v) is 9.76. The first-order chi connectivity index (χ1) is 7.25. The maximum absolute atomic E-state index is 6.06. The van der Waals surface area contributed by atoms with Crippen LogP contribution in [0, 0.1) is 6.92 Å². The van der Waals surface area contributed by atoms with Gasteiger partial charge in [0, 0.05) is 13.1 Å². The highest BCUT2D eigenvalue weighted by Crippen LogP contribution is 2.26. The molecule has 1 heterocycles. The smallest absolute Gasteiger partial charge is 0.166 e. The molecule has 0 saturated carbocycles. The summed E-state index contributed by atoms with van der Waals surface area (Å²) >= 11 is 6.06. The molecule has 0 aromatic heterocycles. The Bertz CT molecular complexity index is 334. The number of aryl methyl sites for hydroxylation is 1. The fourth-order valence-corrected chi connectivity index (χ4v) is 1.93. The summed E-state index contributed by atoms with van der Waals surface area (Å²) in [5.74, 6) is 0.776. The lowest BCUT2D eigenvalue weighted by molar-refractivity contribution is -0.0719. The van der Waals surface area contributed by atoms with Crippen LogP contribution in [0.15, 0.2) is 18.2 Å². The minimum absolute atomic E-state index is 0.686. The van der Waals surface area contributed by atoms with Gasteiger partial charge in [-0.3, -0.25) is 0 Å². The molecule has 1 aliphatic rings. The Morgan fingerprint density at radius 3 is 2.67 bits per heavy atom. The highest BCUT2D eigenvalue weighted by atomic mass is 35.5. The minimum atomic E-state index is 0.686. The van der Waals surface area contributed by atoms with E-state index in [1.165, 1.54) is 24.8 Å². The van der Waals surface area contributed by atoms with Gasteiger partial charge in [-0.25, -0.2) is 0 Å². The number of rotatable bonds is 2. The molecule has 82 valence electrons. The molecule has 0 atom stereocenters. The number of hydrogen-bond donors (Lipinski definition) is 0. The lowest BCUT2D eigenvalue weighted by Gasteiger charge is -2.26. The molecule has 1 saturated heterocycles. The van der Waals surface area contributed by atoms with Crippen LogP contribution in [-0.2, 0) is 0 Å². The summed E-state index contributed by atoms with van der Waals surface area (Å²) < 4.78 is 0. The Hall–Kier alpha value is -0.730.